The largest absolute Gasteiger partial charge is 0.366 e. The van der Waals surface area contributed by atoms with Crippen LogP contribution in [-0.2, 0) is 0 Å². The van der Waals surface area contributed by atoms with Crippen LogP contribution in [0, 0.1) is 6.92 Å². The second-order valence-electron chi connectivity index (χ2n) is 3.36. The summed E-state index contributed by atoms with van der Waals surface area (Å²) in [5.74, 6) is -0.442. The first-order valence-electron chi connectivity index (χ1n) is 4.99. The first kappa shape index (κ1) is 13.4. The molecular formula is C11H12N4O3. The Bertz CT molecular complexity index is 630. The van der Waals surface area contributed by atoms with Crippen molar-refractivity contribution in [3.8, 4) is 0 Å². The highest BCUT2D eigenvalue weighted by Crippen LogP contribution is 1.91. The van der Waals surface area contributed by atoms with Gasteiger partial charge in [-0.25, -0.2) is 4.79 Å². The third kappa shape index (κ3) is 4.05. The zero-order valence-corrected chi connectivity index (χ0v) is 9.64. The molecule has 0 aliphatic rings. The summed E-state index contributed by atoms with van der Waals surface area (Å²) in [5.41, 5.74) is 5.08. The third-order valence-electron chi connectivity index (χ3n) is 1.95. The summed E-state index contributed by atoms with van der Waals surface area (Å²) in [5, 5.41) is 0. The standard InChI is InChI=1S/C6H6N2O.C5H6N2O2/c7-6(9)5-2-1-3-8-4-5;1-3-2-6-5(9)7-4(3)8/h1-4H,(H2,7,9);2H,1H3,(H2,6,7,8,9). The van der Waals surface area contributed by atoms with Crippen LogP contribution >= 0.6 is 0 Å². The smallest absolute Gasteiger partial charge is 0.325 e. The molecule has 4 N–H and O–H groups in total. The Kier molecular flexibility index (Phi) is 4.56. The molecule has 0 aliphatic heterocycles. The SMILES string of the molecule is Cc1c[nH]c(=O)[nH]c1=O.NC(=O)c1cccnc1. The van der Waals surface area contributed by atoms with Crippen LogP contribution in [0.25, 0.3) is 0 Å². The van der Waals surface area contributed by atoms with Gasteiger partial charge in [0.15, 0.2) is 0 Å². The third-order valence-corrected chi connectivity index (χ3v) is 1.95. The molecule has 0 saturated carbocycles. The molecule has 2 aromatic rings. The number of H-pyrrole nitrogens is 2. The van der Waals surface area contributed by atoms with Crippen molar-refractivity contribution in [2.45, 2.75) is 6.92 Å². The molecule has 0 aromatic carbocycles. The molecule has 0 radical (unpaired) electrons. The Labute approximate surface area is 102 Å². The number of aromatic amines is 2. The maximum Gasteiger partial charge on any atom is 0.325 e. The highest BCUT2D eigenvalue weighted by atomic mass is 16.2. The van der Waals surface area contributed by atoms with Gasteiger partial charge in [0.1, 0.15) is 0 Å². The van der Waals surface area contributed by atoms with Crippen LogP contribution in [0.15, 0.2) is 40.3 Å². The highest BCUT2D eigenvalue weighted by molar-refractivity contribution is 5.92. The minimum atomic E-state index is -0.467. The minimum Gasteiger partial charge on any atom is -0.366 e. The van der Waals surface area contributed by atoms with Gasteiger partial charge in [0.2, 0.25) is 5.91 Å². The lowest BCUT2D eigenvalue weighted by Crippen LogP contribution is -2.22. The molecule has 18 heavy (non-hydrogen) atoms. The van der Waals surface area contributed by atoms with E-state index in [9.17, 15) is 14.4 Å². The van der Waals surface area contributed by atoms with E-state index in [2.05, 4.69) is 15.0 Å². The predicted octanol–water partition coefficient (Wildman–Crippen LogP) is -0.448. The van der Waals surface area contributed by atoms with Crippen molar-refractivity contribution in [1.82, 2.24) is 15.0 Å². The van der Waals surface area contributed by atoms with E-state index >= 15 is 0 Å². The monoisotopic (exact) mass is 248 g/mol. The van der Waals surface area contributed by atoms with Gasteiger partial charge in [-0.15, -0.1) is 0 Å². The Balaban J connectivity index is 0.000000180. The maximum atomic E-state index is 10.6. The Morgan fingerprint density at radius 3 is 2.50 bits per heavy atom. The molecule has 0 spiro atoms. The molecule has 1 amide bonds. The number of hydrogen-bond acceptors (Lipinski definition) is 4. The van der Waals surface area contributed by atoms with Gasteiger partial charge in [-0.05, 0) is 19.1 Å². The molecule has 0 fully saturated rings. The Hall–Kier alpha value is -2.70. The molecule has 0 atom stereocenters. The molecule has 0 saturated heterocycles. The number of hydrogen-bond donors (Lipinski definition) is 3. The quantitative estimate of drug-likeness (QED) is 0.632. The number of primary amides is 1. The summed E-state index contributed by atoms with van der Waals surface area (Å²) >= 11 is 0. The van der Waals surface area contributed by atoms with Crippen molar-refractivity contribution in [2.75, 3.05) is 0 Å². The van der Waals surface area contributed by atoms with Gasteiger partial charge < -0.3 is 10.7 Å². The predicted molar refractivity (Wildman–Crippen MR) is 65.2 cm³/mol. The van der Waals surface area contributed by atoms with E-state index in [1.807, 2.05) is 0 Å². The van der Waals surface area contributed by atoms with Gasteiger partial charge in [0, 0.05) is 24.2 Å². The topological polar surface area (TPSA) is 122 Å². The fourth-order valence-corrected chi connectivity index (χ4v) is 0.986. The van der Waals surface area contributed by atoms with Crippen LogP contribution in [-0.4, -0.2) is 20.9 Å². The van der Waals surface area contributed by atoms with Crippen molar-refractivity contribution < 1.29 is 4.79 Å². The highest BCUT2D eigenvalue weighted by Gasteiger charge is 1.94. The summed E-state index contributed by atoms with van der Waals surface area (Å²) in [6.45, 7) is 1.62. The van der Waals surface area contributed by atoms with Crippen molar-refractivity contribution in [3.05, 3.63) is 62.7 Å². The van der Waals surface area contributed by atoms with E-state index in [-0.39, 0.29) is 5.56 Å². The molecule has 2 aromatic heterocycles. The van der Waals surface area contributed by atoms with Crippen LogP contribution in [0.4, 0.5) is 0 Å². The van der Waals surface area contributed by atoms with E-state index in [1.54, 1.807) is 25.3 Å². The fraction of sp³-hybridized carbons (Fsp3) is 0.0909. The number of aromatic nitrogens is 3. The van der Waals surface area contributed by atoms with Gasteiger partial charge in [-0.1, -0.05) is 0 Å². The van der Waals surface area contributed by atoms with Crippen molar-refractivity contribution in [2.24, 2.45) is 5.73 Å². The van der Waals surface area contributed by atoms with E-state index in [0.717, 1.165) is 0 Å². The van der Waals surface area contributed by atoms with Crippen LogP contribution < -0.4 is 17.0 Å². The first-order valence-corrected chi connectivity index (χ1v) is 4.99. The van der Waals surface area contributed by atoms with Crippen LogP contribution in [0.1, 0.15) is 15.9 Å². The molecule has 0 unspecified atom stereocenters. The average molecular weight is 248 g/mol. The van der Waals surface area contributed by atoms with E-state index in [4.69, 9.17) is 5.73 Å². The number of nitrogens with two attached hydrogens (primary N) is 1. The average Bonchev–Trinajstić information content (AvgIpc) is 2.36. The van der Waals surface area contributed by atoms with Gasteiger partial charge in [0.05, 0.1) is 5.56 Å². The summed E-state index contributed by atoms with van der Waals surface area (Å²) in [6, 6.07) is 3.29. The number of carbonyl (C=O) groups is 1. The molecule has 7 nitrogen and oxygen atoms in total. The molecule has 94 valence electrons. The normalized spacial score (nSPS) is 9.17. The van der Waals surface area contributed by atoms with E-state index in [0.29, 0.717) is 11.1 Å². The summed E-state index contributed by atoms with van der Waals surface area (Å²) in [4.78, 5) is 39.4. The second-order valence-corrected chi connectivity index (χ2v) is 3.36. The Morgan fingerprint density at radius 1 is 1.39 bits per heavy atom. The minimum absolute atomic E-state index is 0.334. The lowest BCUT2D eigenvalue weighted by atomic mass is 10.3. The first-order chi connectivity index (χ1) is 8.50. The lowest BCUT2D eigenvalue weighted by Gasteiger charge is -1.88. The van der Waals surface area contributed by atoms with Crippen molar-refractivity contribution in [1.29, 1.82) is 0 Å². The number of aryl methyl sites for hydroxylation is 1. The number of amides is 1. The lowest BCUT2D eigenvalue weighted by molar-refractivity contribution is 0.1000. The van der Waals surface area contributed by atoms with Gasteiger partial charge in [-0.3, -0.25) is 19.6 Å². The summed E-state index contributed by atoms with van der Waals surface area (Å²) in [7, 11) is 0. The van der Waals surface area contributed by atoms with Gasteiger partial charge in [-0.2, -0.15) is 0 Å². The van der Waals surface area contributed by atoms with Crippen molar-refractivity contribution >= 4 is 5.91 Å². The number of nitrogens with one attached hydrogen (secondary N) is 2. The number of pyridine rings is 1. The van der Waals surface area contributed by atoms with E-state index in [1.165, 1.54) is 12.4 Å². The number of nitrogens with zero attached hydrogens (tertiary/aromatic N) is 1. The zero-order valence-electron chi connectivity index (χ0n) is 9.64. The molecule has 7 heteroatoms. The van der Waals surface area contributed by atoms with Crippen molar-refractivity contribution in [3.63, 3.8) is 0 Å². The van der Waals surface area contributed by atoms with Crippen LogP contribution in [0.5, 0.6) is 0 Å². The van der Waals surface area contributed by atoms with Crippen LogP contribution in [0.2, 0.25) is 0 Å². The van der Waals surface area contributed by atoms with E-state index < -0.39 is 11.6 Å². The molecular weight excluding hydrogens is 236 g/mol. The number of rotatable bonds is 1. The van der Waals surface area contributed by atoms with Crippen LogP contribution in [0.3, 0.4) is 0 Å². The number of carbonyl (C=O) groups excluding carboxylic acids is 1. The molecule has 2 rings (SSSR count). The van der Waals surface area contributed by atoms with Gasteiger partial charge >= 0.3 is 5.69 Å². The maximum absolute atomic E-state index is 10.6. The fourth-order valence-electron chi connectivity index (χ4n) is 0.986. The summed E-state index contributed by atoms with van der Waals surface area (Å²) in [6.07, 6.45) is 4.40. The molecule has 2 heterocycles. The second kappa shape index (κ2) is 6.14. The summed E-state index contributed by atoms with van der Waals surface area (Å²) < 4.78 is 0. The van der Waals surface area contributed by atoms with Gasteiger partial charge in [0.25, 0.3) is 5.56 Å². The molecule has 0 aliphatic carbocycles. The zero-order chi connectivity index (χ0) is 13.5. The Morgan fingerprint density at radius 2 is 2.11 bits per heavy atom. The molecule has 0 bridgehead atoms.